The van der Waals surface area contributed by atoms with Gasteiger partial charge in [-0.2, -0.15) is 0 Å². The number of rotatable bonds is 6. The first kappa shape index (κ1) is 18.3. The SMILES string of the molecule is NCCCOC1CCN(C(=O)C2(c3cccc(F)c3)CCCC2)CC1. The van der Waals surface area contributed by atoms with Crippen molar-refractivity contribution in [3.63, 3.8) is 0 Å². The van der Waals surface area contributed by atoms with Gasteiger partial charge in [-0.15, -0.1) is 0 Å². The fraction of sp³-hybridized carbons (Fsp3) is 0.650. The van der Waals surface area contributed by atoms with E-state index in [1.165, 1.54) is 6.07 Å². The summed E-state index contributed by atoms with van der Waals surface area (Å²) in [4.78, 5) is 15.3. The highest BCUT2D eigenvalue weighted by Crippen LogP contribution is 2.43. The Bertz CT molecular complexity index is 579. The molecule has 0 atom stereocenters. The van der Waals surface area contributed by atoms with E-state index in [-0.39, 0.29) is 17.8 Å². The van der Waals surface area contributed by atoms with Crippen molar-refractivity contribution in [1.29, 1.82) is 0 Å². The maximum Gasteiger partial charge on any atom is 0.233 e. The van der Waals surface area contributed by atoms with Crippen LogP contribution in [0.25, 0.3) is 0 Å². The molecule has 3 rings (SSSR count). The van der Waals surface area contributed by atoms with Crippen LogP contribution in [0.5, 0.6) is 0 Å². The number of piperidine rings is 1. The van der Waals surface area contributed by atoms with Crippen molar-refractivity contribution in [2.24, 2.45) is 5.73 Å². The molecule has 1 aromatic rings. The highest BCUT2D eigenvalue weighted by molar-refractivity contribution is 5.88. The first-order valence-corrected chi connectivity index (χ1v) is 9.53. The van der Waals surface area contributed by atoms with Crippen LogP contribution in [0.1, 0.15) is 50.5 Å². The summed E-state index contributed by atoms with van der Waals surface area (Å²) in [7, 11) is 0. The van der Waals surface area contributed by atoms with Gasteiger partial charge in [0, 0.05) is 19.7 Å². The summed E-state index contributed by atoms with van der Waals surface area (Å²) in [6.45, 7) is 2.79. The Balaban J connectivity index is 1.66. The number of amides is 1. The van der Waals surface area contributed by atoms with E-state index in [1.807, 2.05) is 11.0 Å². The molecule has 0 aromatic heterocycles. The summed E-state index contributed by atoms with van der Waals surface area (Å²) in [6.07, 6.45) is 6.54. The summed E-state index contributed by atoms with van der Waals surface area (Å²) in [5, 5.41) is 0. The lowest BCUT2D eigenvalue weighted by molar-refractivity contribution is -0.140. The van der Waals surface area contributed by atoms with Crippen LogP contribution in [0, 0.1) is 5.82 Å². The number of carbonyl (C=O) groups is 1. The molecule has 5 heteroatoms. The van der Waals surface area contributed by atoms with Crippen molar-refractivity contribution in [3.05, 3.63) is 35.6 Å². The van der Waals surface area contributed by atoms with Crippen molar-refractivity contribution in [2.45, 2.75) is 56.5 Å². The molecule has 2 fully saturated rings. The van der Waals surface area contributed by atoms with Crippen LogP contribution < -0.4 is 5.73 Å². The van der Waals surface area contributed by atoms with E-state index in [4.69, 9.17) is 10.5 Å². The molecule has 1 heterocycles. The van der Waals surface area contributed by atoms with Gasteiger partial charge < -0.3 is 15.4 Å². The lowest BCUT2D eigenvalue weighted by Gasteiger charge is -2.38. The first-order chi connectivity index (χ1) is 12.2. The van der Waals surface area contributed by atoms with Crippen molar-refractivity contribution in [1.82, 2.24) is 4.90 Å². The summed E-state index contributed by atoms with van der Waals surface area (Å²) in [5.41, 5.74) is 5.81. The van der Waals surface area contributed by atoms with E-state index in [0.29, 0.717) is 13.2 Å². The lowest BCUT2D eigenvalue weighted by Crippen LogP contribution is -2.49. The van der Waals surface area contributed by atoms with Gasteiger partial charge in [0.15, 0.2) is 0 Å². The molecule has 4 nitrogen and oxygen atoms in total. The van der Waals surface area contributed by atoms with Gasteiger partial charge in [0.1, 0.15) is 5.82 Å². The minimum Gasteiger partial charge on any atom is -0.378 e. The number of benzene rings is 1. The predicted molar refractivity (Wildman–Crippen MR) is 95.8 cm³/mol. The van der Waals surface area contributed by atoms with Crippen LogP contribution in [0.2, 0.25) is 0 Å². The van der Waals surface area contributed by atoms with Crippen LogP contribution in [0.15, 0.2) is 24.3 Å². The Morgan fingerprint density at radius 1 is 1.28 bits per heavy atom. The number of nitrogens with zero attached hydrogens (tertiary/aromatic N) is 1. The van der Waals surface area contributed by atoms with E-state index < -0.39 is 5.41 Å². The number of likely N-dealkylation sites (tertiary alicyclic amines) is 1. The molecule has 2 N–H and O–H groups in total. The predicted octanol–water partition coefficient (Wildman–Crippen LogP) is 2.99. The lowest BCUT2D eigenvalue weighted by atomic mass is 9.77. The zero-order chi connectivity index (χ0) is 17.7. The third-order valence-corrected chi connectivity index (χ3v) is 5.67. The summed E-state index contributed by atoms with van der Waals surface area (Å²) < 4.78 is 19.6. The molecule has 1 saturated heterocycles. The Labute approximate surface area is 149 Å². The van der Waals surface area contributed by atoms with E-state index in [1.54, 1.807) is 12.1 Å². The highest BCUT2D eigenvalue weighted by atomic mass is 19.1. The maximum absolute atomic E-state index is 13.7. The topological polar surface area (TPSA) is 55.6 Å². The Kier molecular flexibility index (Phi) is 6.07. The average Bonchev–Trinajstić information content (AvgIpc) is 3.13. The third kappa shape index (κ3) is 4.04. The molecule has 1 saturated carbocycles. The summed E-state index contributed by atoms with van der Waals surface area (Å²) in [5.74, 6) is -0.0837. The number of nitrogens with two attached hydrogens (primary N) is 1. The Morgan fingerprint density at radius 2 is 2.00 bits per heavy atom. The molecule has 2 aliphatic rings. The van der Waals surface area contributed by atoms with Gasteiger partial charge in [-0.25, -0.2) is 4.39 Å². The standard InChI is InChI=1S/C20H29FN2O2/c21-17-6-3-5-16(15-17)20(9-1-2-10-20)19(24)23-12-7-18(8-13-23)25-14-4-11-22/h3,5-6,15,18H,1-2,4,7-14,22H2. The molecular formula is C20H29FN2O2. The molecule has 0 unspecified atom stereocenters. The largest absolute Gasteiger partial charge is 0.378 e. The molecule has 0 bridgehead atoms. The number of hydrogen-bond donors (Lipinski definition) is 1. The van der Waals surface area contributed by atoms with Crippen LogP contribution in [0.4, 0.5) is 4.39 Å². The normalized spacial score (nSPS) is 20.8. The molecule has 0 spiro atoms. The number of ether oxygens (including phenoxy) is 1. The van der Waals surface area contributed by atoms with Gasteiger partial charge in [0.05, 0.1) is 11.5 Å². The molecule has 1 amide bonds. The number of halogens is 1. The highest BCUT2D eigenvalue weighted by Gasteiger charge is 2.45. The van der Waals surface area contributed by atoms with Crippen molar-refractivity contribution < 1.29 is 13.9 Å². The minimum absolute atomic E-state index is 0.177. The molecule has 25 heavy (non-hydrogen) atoms. The molecular weight excluding hydrogens is 319 g/mol. The van der Waals surface area contributed by atoms with Crippen LogP contribution in [0.3, 0.4) is 0 Å². The van der Waals surface area contributed by atoms with Gasteiger partial charge in [-0.3, -0.25) is 4.79 Å². The molecule has 1 aliphatic carbocycles. The second-order valence-corrected chi connectivity index (χ2v) is 7.30. The van der Waals surface area contributed by atoms with Crippen LogP contribution in [-0.4, -0.2) is 43.2 Å². The first-order valence-electron chi connectivity index (χ1n) is 9.53. The average molecular weight is 348 g/mol. The van der Waals surface area contributed by atoms with E-state index >= 15 is 0 Å². The van der Waals surface area contributed by atoms with Gasteiger partial charge in [-0.05, 0) is 56.3 Å². The monoisotopic (exact) mass is 348 g/mol. The molecule has 0 radical (unpaired) electrons. The smallest absolute Gasteiger partial charge is 0.233 e. The molecule has 138 valence electrons. The summed E-state index contributed by atoms with van der Waals surface area (Å²) in [6, 6.07) is 6.62. The van der Waals surface area contributed by atoms with Crippen LogP contribution in [-0.2, 0) is 14.9 Å². The third-order valence-electron chi connectivity index (χ3n) is 5.67. The van der Waals surface area contributed by atoms with Crippen molar-refractivity contribution >= 4 is 5.91 Å². The van der Waals surface area contributed by atoms with Crippen molar-refractivity contribution in [3.8, 4) is 0 Å². The quantitative estimate of drug-likeness (QED) is 0.804. The van der Waals surface area contributed by atoms with Gasteiger partial charge in [-0.1, -0.05) is 25.0 Å². The van der Waals surface area contributed by atoms with Gasteiger partial charge in [0.25, 0.3) is 0 Å². The van der Waals surface area contributed by atoms with E-state index in [9.17, 15) is 9.18 Å². The Hall–Kier alpha value is -1.46. The van der Waals surface area contributed by atoms with Crippen molar-refractivity contribution in [2.75, 3.05) is 26.2 Å². The van der Waals surface area contributed by atoms with E-state index in [2.05, 4.69) is 0 Å². The van der Waals surface area contributed by atoms with Crippen LogP contribution >= 0.6 is 0 Å². The second-order valence-electron chi connectivity index (χ2n) is 7.30. The molecule has 1 aliphatic heterocycles. The zero-order valence-electron chi connectivity index (χ0n) is 14.9. The number of carbonyl (C=O) groups excluding carboxylic acids is 1. The zero-order valence-corrected chi connectivity index (χ0v) is 14.9. The number of hydrogen-bond acceptors (Lipinski definition) is 3. The molecule has 1 aromatic carbocycles. The second kappa shape index (κ2) is 8.28. The van der Waals surface area contributed by atoms with Gasteiger partial charge >= 0.3 is 0 Å². The fourth-order valence-corrected chi connectivity index (χ4v) is 4.25. The maximum atomic E-state index is 13.7. The fourth-order valence-electron chi connectivity index (χ4n) is 4.25. The Morgan fingerprint density at radius 3 is 2.64 bits per heavy atom. The summed E-state index contributed by atoms with van der Waals surface area (Å²) >= 11 is 0. The van der Waals surface area contributed by atoms with E-state index in [0.717, 1.165) is 63.6 Å². The minimum atomic E-state index is -0.532. The van der Waals surface area contributed by atoms with Gasteiger partial charge in [0.2, 0.25) is 5.91 Å².